The number of carboxylic acid groups (broad SMARTS) is 1. The highest BCUT2D eigenvalue weighted by molar-refractivity contribution is 5.83. The number of nitrogens with one attached hydrogen (secondary N) is 1. The van der Waals surface area contributed by atoms with E-state index in [1.807, 2.05) is 0 Å². The smallest absolute Gasteiger partial charge is 0.325 e. The summed E-state index contributed by atoms with van der Waals surface area (Å²) in [6.07, 6.45) is 1.96. The quantitative estimate of drug-likeness (QED) is 0.643. The van der Waals surface area contributed by atoms with Crippen molar-refractivity contribution in [3.05, 3.63) is 0 Å². The molecular formula is C13H26N2O3. The van der Waals surface area contributed by atoms with Crippen LogP contribution in [0.5, 0.6) is 0 Å². The molecule has 0 bridgehead atoms. The van der Waals surface area contributed by atoms with Gasteiger partial charge in [0.25, 0.3) is 0 Å². The summed E-state index contributed by atoms with van der Waals surface area (Å²) >= 11 is 0. The molecule has 2 atom stereocenters. The summed E-state index contributed by atoms with van der Waals surface area (Å²) in [6.45, 7) is 8.46. The predicted molar refractivity (Wildman–Crippen MR) is 71.1 cm³/mol. The van der Waals surface area contributed by atoms with E-state index in [2.05, 4.69) is 26.1 Å². The van der Waals surface area contributed by atoms with E-state index in [-0.39, 0.29) is 11.3 Å². The number of aliphatic carboxylic acids is 1. The minimum Gasteiger partial charge on any atom is -0.480 e. The van der Waals surface area contributed by atoms with Crippen LogP contribution in [0.3, 0.4) is 0 Å². The lowest BCUT2D eigenvalue weighted by Crippen LogP contribution is -2.38. The van der Waals surface area contributed by atoms with E-state index in [1.165, 1.54) is 6.92 Å². The molecule has 1 amide bonds. The van der Waals surface area contributed by atoms with Gasteiger partial charge in [0, 0.05) is 6.42 Å². The van der Waals surface area contributed by atoms with Gasteiger partial charge in [-0.1, -0.05) is 20.8 Å². The van der Waals surface area contributed by atoms with Gasteiger partial charge in [0.05, 0.1) is 0 Å². The molecule has 4 N–H and O–H groups in total. The number of hydrogen-bond donors (Lipinski definition) is 3. The van der Waals surface area contributed by atoms with Crippen molar-refractivity contribution < 1.29 is 14.7 Å². The van der Waals surface area contributed by atoms with E-state index in [9.17, 15) is 9.59 Å². The molecule has 0 aromatic heterocycles. The van der Waals surface area contributed by atoms with Gasteiger partial charge < -0.3 is 16.2 Å². The number of carboxylic acids is 1. The Bertz CT molecular complexity index is 284. The summed E-state index contributed by atoms with van der Waals surface area (Å²) in [5.74, 6) is -0.859. The lowest BCUT2D eigenvalue weighted by atomic mass is 9.76. The van der Waals surface area contributed by atoms with Crippen LogP contribution in [0.2, 0.25) is 0 Å². The molecule has 5 nitrogen and oxygen atoms in total. The van der Waals surface area contributed by atoms with Crippen LogP contribution in [0.25, 0.3) is 0 Å². The van der Waals surface area contributed by atoms with Crippen molar-refractivity contribution >= 4 is 11.9 Å². The second-order valence-corrected chi connectivity index (χ2v) is 5.81. The maximum atomic E-state index is 11.6. The number of nitrogens with two attached hydrogens (primary N) is 1. The number of amides is 1. The monoisotopic (exact) mass is 258 g/mol. The Hall–Kier alpha value is -1.10. The SMILES string of the molecule is C[C@@H](NC(=O)CCC(CCN)C(C)(C)C)C(=O)O. The summed E-state index contributed by atoms with van der Waals surface area (Å²) in [7, 11) is 0. The fraction of sp³-hybridized carbons (Fsp3) is 0.846. The van der Waals surface area contributed by atoms with E-state index in [0.29, 0.717) is 18.9 Å². The molecule has 0 saturated heterocycles. The highest BCUT2D eigenvalue weighted by Gasteiger charge is 2.24. The van der Waals surface area contributed by atoms with Crippen molar-refractivity contribution in [2.45, 2.75) is 53.0 Å². The van der Waals surface area contributed by atoms with Crippen molar-refractivity contribution in [2.75, 3.05) is 6.54 Å². The normalized spacial score (nSPS) is 14.9. The maximum absolute atomic E-state index is 11.6. The third-order valence-electron chi connectivity index (χ3n) is 3.21. The maximum Gasteiger partial charge on any atom is 0.325 e. The number of rotatable bonds is 7. The zero-order valence-electron chi connectivity index (χ0n) is 11.8. The Morgan fingerprint density at radius 2 is 1.83 bits per heavy atom. The van der Waals surface area contributed by atoms with Gasteiger partial charge in [0.2, 0.25) is 5.91 Å². The van der Waals surface area contributed by atoms with Gasteiger partial charge >= 0.3 is 5.97 Å². The molecule has 0 saturated carbocycles. The van der Waals surface area contributed by atoms with Crippen molar-refractivity contribution in [3.63, 3.8) is 0 Å². The Kier molecular flexibility index (Phi) is 6.91. The topological polar surface area (TPSA) is 92.4 Å². The Morgan fingerprint density at radius 1 is 1.28 bits per heavy atom. The van der Waals surface area contributed by atoms with Crippen LogP contribution in [0.4, 0.5) is 0 Å². The van der Waals surface area contributed by atoms with E-state index in [0.717, 1.165) is 12.8 Å². The van der Waals surface area contributed by atoms with Gasteiger partial charge in [-0.05, 0) is 37.6 Å². The molecule has 0 aliphatic rings. The summed E-state index contributed by atoms with van der Waals surface area (Å²) in [6, 6.07) is -0.833. The molecule has 0 spiro atoms. The second kappa shape index (κ2) is 7.36. The highest BCUT2D eigenvalue weighted by atomic mass is 16.4. The molecule has 0 radical (unpaired) electrons. The number of carbonyl (C=O) groups is 2. The van der Waals surface area contributed by atoms with Gasteiger partial charge in [0.1, 0.15) is 6.04 Å². The van der Waals surface area contributed by atoms with E-state index < -0.39 is 12.0 Å². The molecule has 0 aliphatic heterocycles. The molecular weight excluding hydrogens is 232 g/mol. The molecule has 0 aromatic carbocycles. The summed E-state index contributed by atoms with van der Waals surface area (Å²) < 4.78 is 0. The van der Waals surface area contributed by atoms with E-state index in [1.54, 1.807) is 0 Å². The number of hydrogen-bond acceptors (Lipinski definition) is 3. The average molecular weight is 258 g/mol. The van der Waals surface area contributed by atoms with Crippen LogP contribution < -0.4 is 11.1 Å². The molecule has 0 aromatic rings. The van der Waals surface area contributed by atoms with E-state index >= 15 is 0 Å². The first-order chi connectivity index (χ1) is 8.18. The minimum atomic E-state index is -1.02. The van der Waals surface area contributed by atoms with Crippen molar-refractivity contribution in [2.24, 2.45) is 17.1 Å². The third kappa shape index (κ3) is 6.59. The standard InChI is InChI=1S/C13H26N2O3/c1-9(12(17)18)15-11(16)6-5-10(7-8-14)13(2,3)4/h9-10H,5-8,14H2,1-4H3,(H,15,16)(H,17,18)/t9-,10?/m1/s1. The lowest BCUT2D eigenvalue weighted by molar-refractivity contribution is -0.141. The third-order valence-corrected chi connectivity index (χ3v) is 3.21. The number of carbonyl (C=O) groups excluding carboxylic acids is 1. The van der Waals surface area contributed by atoms with Gasteiger partial charge in [-0.15, -0.1) is 0 Å². The first-order valence-electron chi connectivity index (χ1n) is 6.40. The molecule has 0 fully saturated rings. The average Bonchev–Trinajstić information content (AvgIpc) is 2.22. The zero-order valence-corrected chi connectivity index (χ0v) is 11.8. The van der Waals surface area contributed by atoms with Crippen molar-refractivity contribution in [1.82, 2.24) is 5.32 Å². The molecule has 106 valence electrons. The second-order valence-electron chi connectivity index (χ2n) is 5.81. The summed E-state index contributed by atoms with van der Waals surface area (Å²) in [5, 5.41) is 11.1. The molecule has 0 heterocycles. The van der Waals surface area contributed by atoms with Gasteiger partial charge in [0.15, 0.2) is 0 Å². The van der Waals surface area contributed by atoms with Crippen LogP contribution in [0.1, 0.15) is 47.0 Å². The Labute approximate surface area is 109 Å². The van der Waals surface area contributed by atoms with Crippen LogP contribution in [0.15, 0.2) is 0 Å². The fourth-order valence-corrected chi connectivity index (χ4v) is 1.89. The largest absolute Gasteiger partial charge is 0.480 e. The van der Waals surface area contributed by atoms with Gasteiger partial charge in [-0.25, -0.2) is 0 Å². The fourth-order valence-electron chi connectivity index (χ4n) is 1.89. The van der Waals surface area contributed by atoms with Gasteiger partial charge in [-0.3, -0.25) is 9.59 Å². The zero-order chi connectivity index (χ0) is 14.3. The minimum absolute atomic E-state index is 0.109. The van der Waals surface area contributed by atoms with Crippen molar-refractivity contribution in [3.8, 4) is 0 Å². The Morgan fingerprint density at radius 3 is 2.22 bits per heavy atom. The molecule has 0 aliphatic carbocycles. The van der Waals surface area contributed by atoms with Crippen LogP contribution >= 0.6 is 0 Å². The van der Waals surface area contributed by atoms with Crippen molar-refractivity contribution in [1.29, 1.82) is 0 Å². The molecule has 1 unspecified atom stereocenters. The summed E-state index contributed by atoms with van der Waals surface area (Å²) in [4.78, 5) is 22.2. The Balaban J connectivity index is 4.20. The molecule has 5 heteroatoms. The lowest BCUT2D eigenvalue weighted by Gasteiger charge is -2.30. The molecule has 0 rings (SSSR count). The van der Waals surface area contributed by atoms with Gasteiger partial charge in [-0.2, -0.15) is 0 Å². The van der Waals surface area contributed by atoms with Crippen LogP contribution in [-0.2, 0) is 9.59 Å². The molecule has 18 heavy (non-hydrogen) atoms. The summed E-state index contributed by atoms with van der Waals surface area (Å²) in [5.41, 5.74) is 5.68. The predicted octanol–water partition coefficient (Wildman–Crippen LogP) is 1.37. The first-order valence-corrected chi connectivity index (χ1v) is 6.40. The first kappa shape index (κ1) is 16.9. The highest BCUT2D eigenvalue weighted by Crippen LogP contribution is 2.31. The van der Waals surface area contributed by atoms with Crippen LogP contribution in [-0.4, -0.2) is 29.6 Å². The van der Waals surface area contributed by atoms with E-state index in [4.69, 9.17) is 10.8 Å². The van der Waals surface area contributed by atoms with Crippen LogP contribution in [0, 0.1) is 11.3 Å².